The summed E-state index contributed by atoms with van der Waals surface area (Å²) in [6.45, 7) is 3.57. The third-order valence-corrected chi connectivity index (χ3v) is 3.82. The molecule has 0 fully saturated rings. The normalized spacial score (nSPS) is 12.4. The van der Waals surface area contributed by atoms with Crippen molar-refractivity contribution in [1.82, 2.24) is 10.2 Å². The van der Waals surface area contributed by atoms with Crippen molar-refractivity contribution in [3.05, 3.63) is 65.7 Å². The largest absolute Gasteiger partial charge is 0.496 e. The van der Waals surface area contributed by atoms with E-state index in [1.165, 1.54) is 4.90 Å². The first-order chi connectivity index (χ1) is 11.8. The van der Waals surface area contributed by atoms with E-state index in [1.54, 1.807) is 28.0 Å². The Balaban J connectivity index is 2.32. The lowest BCUT2D eigenvalue weighted by molar-refractivity contribution is 0.0529. The van der Waals surface area contributed by atoms with Crippen LogP contribution in [0.3, 0.4) is 0 Å². The molecular weight excluding hydrogens is 316 g/mol. The van der Waals surface area contributed by atoms with Crippen LogP contribution in [0.4, 0.5) is 4.79 Å². The fourth-order valence-electron chi connectivity index (χ4n) is 2.78. The Hall–Kier alpha value is -2.53. The van der Waals surface area contributed by atoms with Crippen LogP contribution in [0.25, 0.3) is 0 Å². The van der Waals surface area contributed by atoms with E-state index in [1.807, 2.05) is 54.6 Å². The molecule has 2 rings (SSSR count). The van der Waals surface area contributed by atoms with Crippen molar-refractivity contribution in [2.24, 2.45) is 0 Å². The molecule has 2 amide bonds. The molecule has 5 nitrogen and oxygen atoms in total. The van der Waals surface area contributed by atoms with Crippen LogP contribution < -0.4 is 10.1 Å². The van der Waals surface area contributed by atoms with Crippen molar-refractivity contribution in [2.45, 2.75) is 25.5 Å². The van der Waals surface area contributed by atoms with Crippen LogP contribution in [0, 0.1) is 0 Å². The van der Waals surface area contributed by atoms with Gasteiger partial charge in [-0.05, 0) is 25.5 Å². The molecule has 25 heavy (non-hydrogen) atoms. The minimum atomic E-state index is -0.960. The Kier molecular flexibility index (Phi) is 6.04. The van der Waals surface area contributed by atoms with Crippen LogP contribution in [0.1, 0.15) is 31.0 Å². The van der Waals surface area contributed by atoms with Crippen molar-refractivity contribution < 1.29 is 14.6 Å². The number of methoxy groups -OCH3 is 1. The molecule has 5 heteroatoms. The van der Waals surface area contributed by atoms with Crippen molar-refractivity contribution in [3.63, 3.8) is 0 Å². The van der Waals surface area contributed by atoms with Gasteiger partial charge in [-0.3, -0.25) is 0 Å². The Bertz CT molecular complexity index is 696. The molecule has 0 aliphatic rings. The summed E-state index contributed by atoms with van der Waals surface area (Å²) in [5, 5.41) is 13.0. The van der Waals surface area contributed by atoms with Crippen LogP contribution in [0.2, 0.25) is 0 Å². The average Bonchev–Trinajstić information content (AvgIpc) is 2.58. The second-order valence-electron chi connectivity index (χ2n) is 6.70. The van der Waals surface area contributed by atoms with E-state index >= 15 is 0 Å². The first kappa shape index (κ1) is 18.8. The van der Waals surface area contributed by atoms with Gasteiger partial charge in [-0.2, -0.15) is 0 Å². The predicted octanol–water partition coefficient (Wildman–Crippen LogP) is 3.20. The number of benzene rings is 2. The molecular formula is C20H26N2O3. The van der Waals surface area contributed by atoms with Crippen LogP contribution in [-0.4, -0.2) is 42.3 Å². The molecule has 134 valence electrons. The lowest BCUT2D eigenvalue weighted by Crippen LogP contribution is -2.45. The summed E-state index contributed by atoms with van der Waals surface area (Å²) in [5.41, 5.74) is 0.872. The zero-order valence-corrected chi connectivity index (χ0v) is 15.2. The minimum absolute atomic E-state index is 0.228. The number of aliphatic hydroxyl groups is 1. The molecule has 0 saturated heterocycles. The van der Waals surface area contributed by atoms with Crippen molar-refractivity contribution in [1.29, 1.82) is 0 Å². The van der Waals surface area contributed by atoms with Gasteiger partial charge in [0.2, 0.25) is 0 Å². The summed E-state index contributed by atoms with van der Waals surface area (Å²) in [4.78, 5) is 14.1. The monoisotopic (exact) mass is 342 g/mol. The zero-order valence-electron chi connectivity index (χ0n) is 15.2. The third kappa shape index (κ3) is 5.22. The summed E-state index contributed by atoms with van der Waals surface area (Å²) in [5.74, 6) is 0.710. The van der Waals surface area contributed by atoms with Crippen LogP contribution in [0.5, 0.6) is 5.75 Å². The molecule has 0 spiro atoms. The summed E-state index contributed by atoms with van der Waals surface area (Å²) in [7, 11) is 3.28. The molecule has 2 aromatic rings. The quantitative estimate of drug-likeness (QED) is 0.847. The summed E-state index contributed by atoms with van der Waals surface area (Å²) in [6.07, 6.45) is 0. The molecule has 0 aliphatic heterocycles. The van der Waals surface area contributed by atoms with Crippen molar-refractivity contribution in [3.8, 4) is 5.75 Å². The topological polar surface area (TPSA) is 61.8 Å². The second-order valence-corrected chi connectivity index (χ2v) is 6.70. The standard InChI is InChI=1S/C20H26N2O3/c1-20(2,24)14-22(3)19(23)21-18(15-10-6-5-7-11-15)16-12-8-9-13-17(16)25-4/h5-13,18,24H,14H2,1-4H3,(H,21,23)/t18-/m0/s1. The van der Waals surface area contributed by atoms with E-state index in [4.69, 9.17) is 4.74 Å². The number of rotatable bonds is 6. The number of hydrogen-bond donors (Lipinski definition) is 2. The highest BCUT2D eigenvalue weighted by molar-refractivity contribution is 5.75. The minimum Gasteiger partial charge on any atom is -0.496 e. The summed E-state index contributed by atoms with van der Waals surface area (Å²) >= 11 is 0. The summed E-state index contributed by atoms with van der Waals surface area (Å²) < 4.78 is 5.47. The predicted molar refractivity (Wildman–Crippen MR) is 98.7 cm³/mol. The summed E-state index contributed by atoms with van der Waals surface area (Å²) in [6, 6.07) is 16.7. The van der Waals surface area contributed by atoms with Gasteiger partial charge < -0.3 is 20.1 Å². The van der Waals surface area contributed by atoms with Crippen molar-refractivity contribution >= 4 is 6.03 Å². The van der Waals surface area contributed by atoms with Crippen molar-refractivity contribution in [2.75, 3.05) is 20.7 Å². The number of amides is 2. The molecule has 0 heterocycles. The zero-order chi connectivity index (χ0) is 18.4. The number of carbonyl (C=O) groups excluding carboxylic acids is 1. The SMILES string of the molecule is COc1ccccc1[C@@H](NC(=O)N(C)CC(C)(C)O)c1ccccc1. The molecule has 2 aromatic carbocycles. The molecule has 0 bridgehead atoms. The molecule has 0 unspecified atom stereocenters. The number of carbonyl (C=O) groups is 1. The molecule has 0 radical (unpaired) electrons. The fourth-order valence-corrected chi connectivity index (χ4v) is 2.78. The number of hydrogen-bond acceptors (Lipinski definition) is 3. The number of nitrogens with one attached hydrogen (secondary N) is 1. The van der Waals surface area contributed by atoms with Gasteiger partial charge in [-0.1, -0.05) is 48.5 Å². The Morgan fingerprint density at radius 3 is 2.36 bits per heavy atom. The highest BCUT2D eigenvalue weighted by atomic mass is 16.5. The fraction of sp³-hybridized carbons (Fsp3) is 0.350. The van der Waals surface area contributed by atoms with E-state index in [-0.39, 0.29) is 18.6 Å². The van der Waals surface area contributed by atoms with E-state index in [2.05, 4.69) is 5.32 Å². The van der Waals surface area contributed by atoms with E-state index in [0.717, 1.165) is 11.1 Å². The molecule has 0 aromatic heterocycles. The maximum Gasteiger partial charge on any atom is 0.317 e. The first-order valence-corrected chi connectivity index (χ1v) is 8.23. The van der Waals surface area contributed by atoms with Gasteiger partial charge in [0.05, 0.1) is 25.3 Å². The van der Waals surface area contributed by atoms with Gasteiger partial charge in [0, 0.05) is 12.6 Å². The Labute approximate surface area is 149 Å². The highest BCUT2D eigenvalue weighted by Crippen LogP contribution is 2.30. The van der Waals surface area contributed by atoms with E-state index < -0.39 is 5.60 Å². The Morgan fingerprint density at radius 1 is 1.16 bits per heavy atom. The molecule has 1 atom stereocenters. The molecule has 2 N–H and O–H groups in total. The third-order valence-electron chi connectivity index (χ3n) is 3.82. The van der Waals surface area contributed by atoms with E-state index in [0.29, 0.717) is 5.75 Å². The van der Waals surface area contributed by atoms with Gasteiger partial charge in [-0.25, -0.2) is 4.79 Å². The second kappa shape index (κ2) is 8.03. The number of likely N-dealkylation sites (N-methyl/N-ethyl adjacent to an activating group) is 1. The van der Waals surface area contributed by atoms with Crippen LogP contribution in [-0.2, 0) is 0 Å². The van der Waals surface area contributed by atoms with Gasteiger partial charge in [-0.15, -0.1) is 0 Å². The van der Waals surface area contributed by atoms with Crippen LogP contribution >= 0.6 is 0 Å². The number of urea groups is 1. The number of ether oxygens (including phenoxy) is 1. The number of nitrogens with zero attached hydrogens (tertiary/aromatic N) is 1. The lowest BCUT2D eigenvalue weighted by Gasteiger charge is -2.29. The smallest absolute Gasteiger partial charge is 0.317 e. The maximum absolute atomic E-state index is 12.6. The van der Waals surface area contributed by atoms with Gasteiger partial charge >= 0.3 is 6.03 Å². The van der Waals surface area contributed by atoms with Crippen LogP contribution in [0.15, 0.2) is 54.6 Å². The van der Waals surface area contributed by atoms with Gasteiger partial charge in [0.25, 0.3) is 0 Å². The first-order valence-electron chi connectivity index (χ1n) is 8.23. The molecule has 0 aliphatic carbocycles. The highest BCUT2D eigenvalue weighted by Gasteiger charge is 2.24. The maximum atomic E-state index is 12.6. The average molecular weight is 342 g/mol. The van der Waals surface area contributed by atoms with Gasteiger partial charge in [0.15, 0.2) is 0 Å². The van der Waals surface area contributed by atoms with Gasteiger partial charge in [0.1, 0.15) is 5.75 Å². The molecule has 0 saturated carbocycles. The lowest BCUT2D eigenvalue weighted by atomic mass is 9.98. The van der Waals surface area contributed by atoms with E-state index in [9.17, 15) is 9.90 Å². The number of para-hydroxylation sites is 1. The Morgan fingerprint density at radius 2 is 1.76 bits per heavy atom.